The van der Waals surface area contributed by atoms with Gasteiger partial charge >= 0.3 is 5.97 Å². The summed E-state index contributed by atoms with van der Waals surface area (Å²) in [5.41, 5.74) is 4.23. The monoisotopic (exact) mass is 267 g/mol. The topological polar surface area (TPSA) is 55.4 Å². The molecule has 1 aliphatic rings. The van der Waals surface area contributed by atoms with Crippen LogP contribution in [0.25, 0.3) is 11.1 Å². The van der Waals surface area contributed by atoms with Crippen LogP contribution in [0.15, 0.2) is 42.5 Å². The van der Waals surface area contributed by atoms with Crippen molar-refractivity contribution in [1.82, 2.24) is 5.32 Å². The van der Waals surface area contributed by atoms with Crippen LogP contribution in [0.2, 0.25) is 0 Å². The highest BCUT2D eigenvalue weighted by Gasteiger charge is 2.21. The second-order valence-electron chi connectivity index (χ2n) is 4.58. The Bertz CT molecular complexity index is 689. The Kier molecular flexibility index (Phi) is 2.99. The van der Waals surface area contributed by atoms with Crippen molar-refractivity contribution in [3.8, 4) is 11.1 Å². The molecule has 2 aromatic rings. The fraction of sp³-hybridized carbons (Fsp3) is 0.125. The Hall–Kier alpha value is -2.62. The lowest BCUT2D eigenvalue weighted by Crippen LogP contribution is -2.12. The van der Waals surface area contributed by atoms with Crippen molar-refractivity contribution in [3.63, 3.8) is 0 Å². The largest absolute Gasteiger partial charge is 0.465 e. The maximum atomic E-state index is 11.7. The van der Waals surface area contributed by atoms with Gasteiger partial charge < -0.3 is 10.1 Å². The van der Waals surface area contributed by atoms with Crippen LogP contribution in [0.5, 0.6) is 0 Å². The highest BCUT2D eigenvalue weighted by Crippen LogP contribution is 2.29. The summed E-state index contributed by atoms with van der Waals surface area (Å²) >= 11 is 0. The normalized spacial score (nSPS) is 12.8. The molecule has 4 nitrogen and oxygen atoms in total. The SMILES string of the molecule is COC(=O)c1ccc(-c2cccc3c2CNC3=O)cc1. The van der Waals surface area contributed by atoms with Crippen LogP contribution in [0, 0.1) is 0 Å². The standard InChI is InChI=1S/C16H13NO3/c1-20-16(19)11-7-5-10(6-8-11)12-3-2-4-13-14(12)9-17-15(13)18/h2-8H,9H2,1H3,(H,17,18). The van der Waals surface area contributed by atoms with Gasteiger partial charge in [0.1, 0.15) is 0 Å². The van der Waals surface area contributed by atoms with Gasteiger partial charge in [-0.15, -0.1) is 0 Å². The van der Waals surface area contributed by atoms with E-state index in [-0.39, 0.29) is 11.9 Å². The molecule has 0 bridgehead atoms. The number of hydrogen-bond donors (Lipinski definition) is 1. The zero-order valence-electron chi connectivity index (χ0n) is 11.0. The molecule has 0 atom stereocenters. The van der Waals surface area contributed by atoms with Gasteiger partial charge in [-0.2, -0.15) is 0 Å². The minimum absolute atomic E-state index is 0.0342. The van der Waals surface area contributed by atoms with Gasteiger partial charge in [0.15, 0.2) is 0 Å². The quantitative estimate of drug-likeness (QED) is 0.850. The molecule has 0 aromatic heterocycles. The number of carbonyl (C=O) groups excluding carboxylic acids is 2. The summed E-state index contributed by atoms with van der Waals surface area (Å²) in [5, 5.41) is 2.82. The average molecular weight is 267 g/mol. The van der Waals surface area contributed by atoms with Crippen LogP contribution in [0.3, 0.4) is 0 Å². The van der Waals surface area contributed by atoms with Gasteiger partial charge in [0.2, 0.25) is 0 Å². The van der Waals surface area contributed by atoms with E-state index in [9.17, 15) is 9.59 Å². The molecule has 3 rings (SSSR count). The number of esters is 1. The number of ether oxygens (including phenoxy) is 1. The molecular formula is C16H13NO3. The van der Waals surface area contributed by atoms with Crippen LogP contribution < -0.4 is 5.32 Å². The molecule has 0 aliphatic carbocycles. The van der Waals surface area contributed by atoms with Crippen LogP contribution in [-0.2, 0) is 11.3 Å². The predicted octanol–water partition coefficient (Wildman–Crippen LogP) is 2.38. The van der Waals surface area contributed by atoms with Crippen molar-refractivity contribution in [2.75, 3.05) is 7.11 Å². The van der Waals surface area contributed by atoms with Crippen molar-refractivity contribution in [1.29, 1.82) is 0 Å². The summed E-state index contributed by atoms with van der Waals surface area (Å²) in [6, 6.07) is 12.9. The first-order valence-corrected chi connectivity index (χ1v) is 6.29. The van der Waals surface area contributed by atoms with E-state index in [4.69, 9.17) is 0 Å². The zero-order chi connectivity index (χ0) is 14.1. The Morgan fingerprint density at radius 1 is 1.10 bits per heavy atom. The average Bonchev–Trinajstić information content (AvgIpc) is 2.88. The van der Waals surface area contributed by atoms with E-state index in [1.807, 2.05) is 30.3 Å². The summed E-state index contributed by atoms with van der Waals surface area (Å²) in [7, 11) is 1.36. The van der Waals surface area contributed by atoms with E-state index >= 15 is 0 Å². The van der Waals surface area contributed by atoms with Crippen molar-refractivity contribution in [2.45, 2.75) is 6.54 Å². The highest BCUT2D eigenvalue weighted by atomic mass is 16.5. The smallest absolute Gasteiger partial charge is 0.337 e. The van der Waals surface area contributed by atoms with Gasteiger partial charge in [0.25, 0.3) is 5.91 Å². The number of rotatable bonds is 2. The van der Waals surface area contributed by atoms with Gasteiger partial charge in [-0.25, -0.2) is 4.79 Å². The predicted molar refractivity (Wildman–Crippen MR) is 74.4 cm³/mol. The molecule has 0 saturated heterocycles. The molecule has 100 valence electrons. The Labute approximate surface area is 116 Å². The minimum Gasteiger partial charge on any atom is -0.465 e. The first-order valence-electron chi connectivity index (χ1n) is 6.29. The number of fused-ring (bicyclic) bond motifs is 1. The van der Waals surface area contributed by atoms with Crippen LogP contribution in [0.4, 0.5) is 0 Å². The molecule has 1 amide bonds. The highest BCUT2D eigenvalue weighted by molar-refractivity contribution is 6.00. The summed E-state index contributed by atoms with van der Waals surface area (Å²) in [6.45, 7) is 0.545. The first-order chi connectivity index (χ1) is 9.70. The van der Waals surface area contributed by atoms with E-state index in [0.717, 1.165) is 22.3 Å². The molecule has 0 spiro atoms. The van der Waals surface area contributed by atoms with E-state index in [1.54, 1.807) is 12.1 Å². The fourth-order valence-electron chi connectivity index (χ4n) is 2.43. The number of carbonyl (C=O) groups is 2. The van der Waals surface area contributed by atoms with Crippen molar-refractivity contribution >= 4 is 11.9 Å². The number of hydrogen-bond acceptors (Lipinski definition) is 3. The van der Waals surface area contributed by atoms with E-state index in [0.29, 0.717) is 12.1 Å². The number of methoxy groups -OCH3 is 1. The number of benzene rings is 2. The third-order valence-corrected chi connectivity index (χ3v) is 3.46. The summed E-state index contributed by atoms with van der Waals surface area (Å²) in [5.74, 6) is -0.389. The van der Waals surface area contributed by atoms with Crippen molar-refractivity contribution in [2.24, 2.45) is 0 Å². The Morgan fingerprint density at radius 3 is 2.50 bits per heavy atom. The van der Waals surface area contributed by atoms with E-state index in [2.05, 4.69) is 10.1 Å². The molecule has 2 aromatic carbocycles. The summed E-state index contributed by atoms with van der Waals surface area (Å²) in [4.78, 5) is 23.1. The van der Waals surface area contributed by atoms with Gasteiger partial charge in [-0.1, -0.05) is 24.3 Å². The lowest BCUT2D eigenvalue weighted by molar-refractivity contribution is 0.0600. The van der Waals surface area contributed by atoms with E-state index < -0.39 is 0 Å². The molecular weight excluding hydrogens is 254 g/mol. The maximum Gasteiger partial charge on any atom is 0.337 e. The lowest BCUT2D eigenvalue weighted by atomic mass is 9.96. The fourth-order valence-corrected chi connectivity index (χ4v) is 2.43. The third-order valence-electron chi connectivity index (χ3n) is 3.46. The third kappa shape index (κ3) is 1.95. The van der Waals surface area contributed by atoms with Crippen LogP contribution in [0.1, 0.15) is 26.3 Å². The molecule has 1 N–H and O–H groups in total. The van der Waals surface area contributed by atoms with Gasteiger partial charge in [-0.3, -0.25) is 4.79 Å². The van der Waals surface area contributed by atoms with Crippen LogP contribution in [-0.4, -0.2) is 19.0 Å². The second kappa shape index (κ2) is 4.81. The maximum absolute atomic E-state index is 11.7. The minimum atomic E-state index is -0.355. The number of amides is 1. The summed E-state index contributed by atoms with van der Waals surface area (Å²) in [6.07, 6.45) is 0. The summed E-state index contributed by atoms with van der Waals surface area (Å²) < 4.78 is 4.68. The molecule has 4 heteroatoms. The molecule has 0 radical (unpaired) electrons. The number of nitrogens with one attached hydrogen (secondary N) is 1. The molecule has 0 fully saturated rings. The van der Waals surface area contributed by atoms with Crippen molar-refractivity contribution in [3.05, 3.63) is 59.2 Å². The second-order valence-corrected chi connectivity index (χ2v) is 4.58. The lowest BCUT2D eigenvalue weighted by Gasteiger charge is -2.07. The van der Waals surface area contributed by atoms with Crippen molar-refractivity contribution < 1.29 is 14.3 Å². The molecule has 1 aliphatic heterocycles. The molecule has 1 heterocycles. The first kappa shape index (κ1) is 12.4. The molecule has 0 unspecified atom stereocenters. The van der Waals surface area contributed by atoms with E-state index in [1.165, 1.54) is 7.11 Å². The van der Waals surface area contributed by atoms with Gasteiger partial charge in [-0.05, 0) is 34.9 Å². The molecule has 0 saturated carbocycles. The Balaban J connectivity index is 2.02. The zero-order valence-corrected chi connectivity index (χ0v) is 11.0. The van der Waals surface area contributed by atoms with Crippen LogP contribution >= 0.6 is 0 Å². The molecule has 20 heavy (non-hydrogen) atoms. The van der Waals surface area contributed by atoms with Gasteiger partial charge in [0, 0.05) is 12.1 Å². The van der Waals surface area contributed by atoms with Gasteiger partial charge in [0.05, 0.1) is 12.7 Å². The Morgan fingerprint density at radius 2 is 1.80 bits per heavy atom.